The van der Waals surface area contributed by atoms with Crippen LogP contribution in [0.25, 0.3) is 0 Å². The van der Waals surface area contributed by atoms with Crippen LogP contribution >= 0.6 is 11.3 Å². The summed E-state index contributed by atoms with van der Waals surface area (Å²) in [5.41, 5.74) is 4.96. The Kier molecular flexibility index (Phi) is 3.46. The van der Waals surface area contributed by atoms with E-state index in [4.69, 9.17) is 5.73 Å². The van der Waals surface area contributed by atoms with Crippen molar-refractivity contribution >= 4 is 32.0 Å². The maximum absolute atomic E-state index is 11.9. The topological polar surface area (TPSA) is 157 Å². The molecule has 0 aliphatic carbocycles. The summed E-state index contributed by atoms with van der Waals surface area (Å²) in [5, 5.41) is 16.5. The zero-order chi connectivity index (χ0) is 14.0. The van der Waals surface area contributed by atoms with Gasteiger partial charge in [-0.05, 0) is 0 Å². The monoisotopic (exact) mass is 304 g/mol. The van der Waals surface area contributed by atoms with Gasteiger partial charge in [0.25, 0.3) is 10.0 Å². The molecule has 4 N–H and O–H groups in total. The van der Waals surface area contributed by atoms with Crippen molar-refractivity contribution < 1.29 is 13.3 Å². The van der Waals surface area contributed by atoms with Crippen LogP contribution < -0.4 is 10.5 Å². The average molecular weight is 304 g/mol. The molecule has 0 aromatic carbocycles. The van der Waals surface area contributed by atoms with E-state index in [-0.39, 0.29) is 15.8 Å². The Morgan fingerprint density at radius 2 is 2.32 bits per heavy atom. The zero-order valence-electron chi connectivity index (χ0n) is 9.23. The predicted molar refractivity (Wildman–Crippen MR) is 65.8 cm³/mol. The SMILES string of the molecule is Nc1sc(S(=O)(=O)NCc2ncn[nH]2)cc1[N+](=O)[O-]. The molecule has 2 heterocycles. The fourth-order valence-electron chi connectivity index (χ4n) is 1.20. The van der Waals surface area contributed by atoms with E-state index >= 15 is 0 Å². The lowest BCUT2D eigenvalue weighted by Crippen LogP contribution is -2.23. The third kappa shape index (κ3) is 2.86. The molecule has 0 radical (unpaired) electrons. The first-order valence-electron chi connectivity index (χ1n) is 4.78. The first-order valence-corrected chi connectivity index (χ1v) is 7.07. The van der Waals surface area contributed by atoms with E-state index in [1.165, 1.54) is 6.33 Å². The summed E-state index contributed by atoms with van der Waals surface area (Å²) < 4.78 is 25.8. The Bertz CT molecular complexity index is 691. The van der Waals surface area contributed by atoms with Crippen LogP contribution in [0.3, 0.4) is 0 Å². The van der Waals surface area contributed by atoms with Gasteiger partial charge in [-0.3, -0.25) is 15.2 Å². The van der Waals surface area contributed by atoms with Gasteiger partial charge in [-0.1, -0.05) is 11.3 Å². The Morgan fingerprint density at radius 3 is 2.84 bits per heavy atom. The highest BCUT2D eigenvalue weighted by Crippen LogP contribution is 2.34. The molecule has 2 aromatic rings. The lowest BCUT2D eigenvalue weighted by Gasteiger charge is -2.01. The van der Waals surface area contributed by atoms with Gasteiger partial charge in [0.15, 0.2) is 5.00 Å². The molecule has 12 heteroatoms. The molecule has 0 unspecified atom stereocenters. The van der Waals surface area contributed by atoms with Gasteiger partial charge in [0.1, 0.15) is 16.4 Å². The summed E-state index contributed by atoms with van der Waals surface area (Å²) in [7, 11) is -3.88. The highest BCUT2D eigenvalue weighted by molar-refractivity contribution is 7.91. The van der Waals surface area contributed by atoms with Gasteiger partial charge in [-0.25, -0.2) is 18.1 Å². The molecule has 0 atom stereocenters. The van der Waals surface area contributed by atoms with Gasteiger partial charge in [0, 0.05) is 6.07 Å². The number of nitrogens with zero attached hydrogens (tertiary/aromatic N) is 3. The van der Waals surface area contributed by atoms with Gasteiger partial charge in [-0.15, -0.1) is 0 Å². The van der Waals surface area contributed by atoms with Gasteiger partial charge in [0.2, 0.25) is 0 Å². The van der Waals surface area contributed by atoms with Crippen LogP contribution in [0.1, 0.15) is 5.82 Å². The van der Waals surface area contributed by atoms with Crippen LogP contribution in [0.15, 0.2) is 16.6 Å². The maximum atomic E-state index is 11.9. The summed E-state index contributed by atoms with van der Waals surface area (Å²) >= 11 is 0.626. The first-order chi connectivity index (χ1) is 8.90. The summed E-state index contributed by atoms with van der Waals surface area (Å²) in [6.07, 6.45) is 1.23. The van der Waals surface area contributed by atoms with Crippen molar-refractivity contribution in [3.8, 4) is 0 Å². The van der Waals surface area contributed by atoms with Crippen LogP contribution in [0.2, 0.25) is 0 Å². The van der Waals surface area contributed by atoms with Crippen LogP contribution in [0.4, 0.5) is 10.7 Å². The Hall–Kier alpha value is -2.05. The lowest BCUT2D eigenvalue weighted by molar-refractivity contribution is -0.383. The zero-order valence-corrected chi connectivity index (χ0v) is 10.9. The van der Waals surface area contributed by atoms with Gasteiger partial charge in [-0.2, -0.15) is 5.10 Å². The number of thiophene rings is 1. The molecule has 10 nitrogen and oxygen atoms in total. The van der Waals surface area contributed by atoms with Crippen LogP contribution in [-0.4, -0.2) is 28.5 Å². The van der Waals surface area contributed by atoms with Crippen molar-refractivity contribution in [1.29, 1.82) is 0 Å². The molecule has 2 rings (SSSR count). The molecule has 2 aromatic heterocycles. The second-order valence-electron chi connectivity index (χ2n) is 3.33. The molecule has 0 saturated carbocycles. The molecule has 0 bridgehead atoms. The lowest BCUT2D eigenvalue weighted by atomic mass is 10.5. The molecule has 19 heavy (non-hydrogen) atoms. The minimum atomic E-state index is -3.88. The molecule has 0 amide bonds. The standard InChI is InChI=1S/C7H8N6O4S2/c8-7-4(13(14)15)1-6(18-7)19(16,17)11-2-5-9-3-10-12-5/h1,3,11H,2,8H2,(H,9,10,12). The summed E-state index contributed by atoms with van der Waals surface area (Å²) in [6.45, 7) is -0.103. The molecule has 0 aliphatic heterocycles. The third-order valence-corrected chi connectivity index (χ3v) is 4.90. The Balaban J connectivity index is 2.20. The minimum Gasteiger partial charge on any atom is -0.385 e. The molecule has 102 valence electrons. The second-order valence-corrected chi connectivity index (χ2v) is 6.41. The minimum absolute atomic E-state index is 0.103. The van der Waals surface area contributed by atoms with Crippen molar-refractivity contribution in [1.82, 2.24) is 19.9 Å². The number of nitrogen functional groups attached to an aromatic ring is 1. The van der Waals surface area contributed by atoms with Crippen LogP contribution in [-0.2, 0) is 16.6 Å². The number of hydrogen-bond acceptors (Lipinski definition) is 8. The highest BCUT2D eigenvalue weighted by atomic mass is 32.2. The molecular weight excluding hydrogens is 296 g/mol. The van der Waals surface area contributed by atoms with Gasteiger partial charge in [0.05, 0.1) is 11.5 Å². The number of hydrogen-bond donors (Lipinski definition) is 3. The number of sulfonamides is 1. The molecule has 0 spiro atoms. The first kappa shape index (κ1) is 13.4. The third-order valence-electron chi connectivity index (χ3n) is 2.07. The summed E-state index contributed by atoms with van der Waals surface area (Å²) in [5.74, 6) is 0.322. The number of rotatable bonds is 5. The number of anilines is 1. The van der Waals surface area contributed by atoms with E-state index in [9.17, 15) is 18.5 Å². The van der Waals surface area contributed by atoms with E-state index in [1.54, 1.807) is 0 Å². The summed E-state index contributed by atoms with van der Waals surface area (Å²) in [6, 6.07) is 0.919. The van der Waals surface area contributed by atoms with E-state index in [1.807, 2.05) is 0 Å². The molecule has 0 fully saturated rings. The number of nitrogens with two attached hydrogens (primary N) is 1. The number of nitro groups is 1. The van der Waals surface area contributed by atoms with Crippen molar-refractivity contribution in [2.45, 2.75) is 10.8 Å². The quantitative estimate of drug-likeness (QED) is 0.511. The van der Waals surface area contributed by atoms with Crippen molar-refractivity contribution in [3.63, 3.8) is 0 Å². The van der Waals surface area contributed by atoms with E-state index in [0.29, 0.717) is 17.2 Å². The largest absolute Gasteiger partial charge is 0.385 e. The number of aromatic amines is 1. The maximum Gasteiger partial charge on any atom is 0.304 e. The highest BCUT2D eigenvalue weighted by Gasteiger charge is 2.24. The number of H-pyrrole nitrogens is 1. The van der Waals surface area contributed by atoms with E-state index in [2.05, 4.69) is 19.9 Å². The van der Waals surface area contributed by atoms with Crippen molar-refractivity contribution in [2.75, 3.05) is 5.73 Å². The Morgan fingerprint density at radius 1 is 1.58 bits per heavy atom. The number of nitrogens with one attached hydrogen (secondary N) is 2. The average Bonchev–Trinajstić information content (AvgIpc) is 2.95. The van der Waals surface area contributed by atoms with Crippen molar-refractivity contribution in [3.05, 3.63) is 28.3 Å². The normalized spacial score (nSPS) is 11.6. The van der Waals surface area contributed by atoms with Gasteiger partial charge >= 0.3 is 5.69 Å². The molecule has 0 saturated heterocycles. The summed E-state index contributed by atoms with van der Waals surface area (Å²) in [4.78, 5) is 13.6. The number of aromatic nitrogens is 3. The Labute approximate surface area is 110 Å². The van der Waals surface area contributed by atoms with E-state index < -0.39 is 20.6 Å². The molecule has 0 aliphatic rings. The predicted octanol–water partition coefficient (Wildman–Crippen LogP) is -0.165. The van der Waals surface area contributed by atoms with Gasteiger partial charge < -0.3 is 5.73 Å². The smallest absolute Gasteiger partial charge is 0.304 e. The van der Waals surface area contributed by atoms with Crippen LogP contribution in [0, 0.1) is 10.1 Å². The molecular formula is C7H8N6O4S2. The van der Waals surface area contributed by atoms with Crippen molar-refractivity contribution in [2.24, 2.45) is 0 Å². The second kappa shape index (κ2) is 4.91. The fourth-order valence-corrected chi connectivity index (χ4v) is 3.44. The van der Waals surface area contributed by atoms with Crippen LogP contribution in [0.5, 0.6) is 0 Å². The fraction of sp³-hybridized carbons (Fsp3) is 0.143. The van der Waals surface area contributed by atoms with E-state index in [0.717, 1.165) is 6.07 Å².